The Balaban J connectivity index is 1.29. The number of carbonyl (C=O) groups is 3. The standard InChI is InChI=1S/C45H69N7O5/c1-10-32(2)33(3)30-34(4)48-43(55)44(5,6)23-28-57-45(7,8)22-24-47-39(53)20-21-40(54)51-31-35-16-11-12-17-36(35)42-41(37-18-13-14-19-38(37)51)49-50-52(42)26-15-27-56-29-25-46-9/h11-14,16-19,32-34,46H,10,15,20-31H2,1-9H3,(H,47,53)(H,48,55). The van der Waals surface area contributed by atoms with Crippen LogP contribution in [-0.4, -0.2) is 84.3 Å². The number of nitrogens with one attached hydrogen (secondary N) is 3. The number of nitrogens with zero attached hydrogens (tertiary/aromatic N) is 4. The van der Waals surface area contributed by atoms with Crippen molar-refractivity contribution in [3.05, 3.63) is 54.1 Å². The number of aromatic nitrogens is 3. The molecule has 12 heteroatoms. The highest BCUT2D eigenvalue weighted by Crippen LogP contribution is 2.41. The van der Waals surface area contributed by atoms with Crippen LogP contribution in [0.2, 0.25) is 0 Å². The van der Waals surface area contributed by atoms with Gasteiger partial charge in [0.05, 0.1) is 30.1 Å². The van der Waals surface area contributed by atoms with Crippen LogP contribution >= 0.6 is 0 Å². The summed E-state index contributed by atoms with van der Waals surface area (Å²) < 4.78 is 13.9. The molecule has 3 unspecified atom stereocenters. The second-order valence-corrected chi connectivity index (χ2v) is 17.0. The second kappa shape index (κ2) is 21.6. The molecule has 3 aromatic rings. The molecule has 3 amide bonds. The van der Waals surface area contributed by atoms with Crippen LogP contribution in [-0.2, 0) is 36.9 Å². The molecule has 1 aliphatic heterocycles. The number of ether oxygens (including phenoxy) is 2. The molecule has 0 spiro atoms. The lowest BCUT2D eigenvalue weighted by atomic mass is 9.86. The third kappa shape index (κ3) is 13.2. The number of hydrogen-bond donors (Lipinski definition) is 3. The van der Waals surface area contributed by atoms with E-state index in [2.05, 4.69) is 60.0 Å². The summed E-state index contributed by atoms with van der Waals surface area (Å²) in [6.45, 7) is 20.7. The lowest BCUT2D eigenvalue weighted by Crippen LogP contribution is -2.43. The highest BCUT2D eigenvalue weighted by molar-refractivity contribution is 6.01. The van der Waals surface area contributed by atoms with Gasteiger partial charge < -0.3 is 30.3 Å². The maximum atomic E-state index is 14.0. The number of carbonyl (C=O) groups excluding carboxylic acids is 3. The number of likely N-dealkylation sites (N-methyl/N-ethyl adjacent to an activating group) is 1. The molecule has 12 nitrogen and oxygen atoms in total. The van der Waals surface area contributed by atoms with Gasteiger partial charge in [-0.3, -0.25) is 14.4 Å². The quantitative estimate of drug-likeness (QED) is 0.0861. The molecule has 0 saturated heterocycles. The van der Waals surface area contributed by atoms with Gasteiger partial charge in [-0.15, -0.1) is 5.10 Å². The zero-order chi connectivity index (χ0) is 41.6. The number of rotatable bonds is 23. The summed E-state index contributed by atoms with van der Waals surface area (Å²) in [5, 5.41) is 18.5. The van der Waals surface area contributed by atoms with Crippen LogP contribution in [0.1, 0.15) is 106 Å². The van der Waals surface area contributed by atoms with Gasteiger partial charge >= 0.3 is 0 Å². The van der Waals surface area contributed by atoms with Crippen molar-refractivity contribution in [1.82, 2.24) is 30.9 Å². The third-order valence-corrected chi connectivity index (χ3v) is 11.4. The van der Waals surface area contributed by atoms with Crippen molar-refractivity contribution in [1.29, 1.82) is 0 Å². The van der Waals surface area contributed by atoms with Gasteiger partial charge in [0.25, 0.3) is 0 Å². The first-order chi connectivity index (χ1) is 27.2. The predicted octanol–water partition coefficient (Wildman–Crippen LogP) is 7.16. The molecule has 57 heavy (non-hydrogen) atoms. The summed E-state index contributed by atoms with van der Waals surface area (Å²) in [5.74, 6) is 0.892. The first-order valence-corrected chi connectivity index (χ1v) is 21.0. The number of amides is 3. The lowest BCUT2D eigenvalue weighted by Gasteiger charge is -2.30. The van der Waals surface area contributed by atoms with Crippen LogP contribution < -0.4 is 20.9 Å². The van der Waals surface area contributed by atoms with E-state index in [1.165, 1.54) is 0 Å². The van der Waals surface area contributed by atoms with Crippen molar-refractivity contribution in [3.63, 3.8) is 0 Å². The first-order valence-electron chi connectivity index (χ1n) is 21.0. The molecule has 2 aromatic carbocycles. The van der Waals surface area contributed by atoms with Crippen LogP contribution in [0.15, 0.2) is 48.5 Å². The molecule has 1 aromatic heterocycles. The lowest BCUT2D eigenvalue weighted by molar-refractivity contribution is -0.132. The summed E-state index contributed by atoms with van der Waals surface area (Å²) in [4.78, 5) is 41.9. The van der Waals surface area contributed by atoms with E-state index in [1.54, 1.807) is 4.90 Å². The normalized spacial score (nSPS) is 14.4. The van der Waals surface area contributed by atoms with Crippen molar-refractivity contribution >= 4 is 23.4 Å². The van der Waals surface area contributed by atoms with E-state index in [0.29, 0.717) is 64.1 Å². The van der Waals surface area contributed by atoms with Crippen LogP contribution in [0.3, 0.4) is 0 Å². The van der Waals surface area contributed by atoms with E-state index in [9.17, 15) is 14.4 Å². The Bertz CT molecular complexity index is 1750. The zero-order valence-corrected chi connectivity index (χ0v) is 36.1. The summed E-state index contributed by atoms with van der Waals surface area (Å²) in [5.41, 5.74) is 4.10. The largest absolute Gasteiger partial charge is 0.380 e. The van der Waals surface area contributed by atoms with Gasteiger partial charge in [-0.25, -0.2) is 4.68 Å². The Hall–Kier alpha value is -4.13. The average molecular weight is 788 g/mol. The number of aryl methyl sites for hydroxylation is 1. The Kier molecular flexibility index (Phi) is 17.3. The summed E-state index contributed by atoms with van der Waals surface area (Å²) >= 11 is 0. The fourth-order valence-electron chi connectivity index (χ4n) is 7.17. The van der Waals surface area contributed by atoms with Crippen molar-refractivity contribution < 1.29 is 23.9 Å². The van der Waals surface area contributed by atoms with Gasteiger partial charge in [0, 0.05) is 68.3 Å². The molecule has 314 valence electrons. The van der Waals surface area contributed by atoms with Crippen LogP contribution in [0.25, 0.3) is 22.5 Å². The number of anilines is 1. The summed E-state index contributed by atoms with van der Waals surface area (Å²) in [6.07, 6.45) is 4.18. The SMILES string of the molecule is CCC(C)C(C)CC(C)NC(=O)C(C)(C)CCOC(C)(C)CCNC(=O)CCC(=O)N1Cc2ccccc2-c2c(nnn2CCCOCCNC)-c2ccccc21. The maximum Gasteiger partial charge on any atom is 0.227 e. The molecular formula is C45H69N7O5. The Morgan fingerprint density at radius 3 is 2.33 bits per heavy atom. The van der Waals surface area contributed by atoms with Gasteiger partial charge in [-0.05, 0) is 77.0 Å². The monoisotopic (exact) mass is 788 g/mol. The van der Waals surface area contributed by atoms with E-state index in [-0.39, 0.29) is 36.6 Å². The molecule has 0 radical (unpaired) electrons. The minimum absolute atomic E-state index is 0.0450. The zero-order valence-electron chi connectivity index (χ0n) is 36.1. The molecule has 3 N–H and O–H groups in total. The van der Waals surface area contributed by atoms with Crippen molar-refractivity contribution in [3.8, 4) is 22.5 Å². The molecule has 0 fully saturated rings. The minimum Gasteiger partial charge on any atom is -0.380 e. The number of benzene rings is 2. The molecule has 0 bridgehead atoms. The highest BCUT2D eigenvalue weighted by atomic mass is 16.5. The second-order valence-electron chi connectivity index (χ2n) is 17.0. The number of para-hydroxylation sites is 1. The smallest absolute Gasteiger partial charge is 0.227 e. The summed E-state index contributed by atoms with van der Waals surface area (Å²) in [6, 6.07) is 16.0. The molecule has 0 aliphatic carbocycles. The maximum absolute atomic E-state index is 14.0. The van der Waals surface area contributed by atoms with E-state index in [4.69, 9.17) is 9.47 Å². The van der Waals surface area contributed by atoms with Gasteiger partial charge in [-0.1, -0.05) is 88.7 Å². The fraction of sp³-hybridized carbons (Fsp3) is 0.622. The molecular weight excluding hydrogens is 719 g/mol. The van der Waals surface area contributed by atoms with Gasteiger partial charge in [0.1, 0.15) is 5.69 Å². The Labute approximate surface area is 341 Å². The molecule has 3 atom stereocenters. The average Bonchev–Trinajstić information content (AvgIpc) is 3.59. The predicted molar refractivity (Wildman–Crippen MR) is 228 cm³/mol. The number of hydrogen-bond acceptors (Lipinski definition) is 8. The summed E-state index contributed by atoms with van der Waals surface area (Å²) in [7, 11) is 1.91. The minimum atomic E-state index is -0.567. The third-order valence-electron chi connectivity index (χ3n) is 11.4. The highest BCUT2D eigenvalue weighted by Gasteiger charge is 2.31. The number of fused-ring (bicyclic) bond motifs is 5. The molecule has 2 heterocycles. The molecule has 1 aliphatic rings. The Morgan fingerprint density at radius 2 is 1.60 bits per heavy atom. The topological polar surface area (TPSA) is 140 Å². The van der Waals surface area contributed by atoms with Crippen molar-refractivity contribution in [2.75, 3.05) is 44.9 Å². The Morgan fingerprint density at radius 1 is 0.877 bits per heavy atom. The van der Waals surface area contributed by atoms with Crippen LogP contribution in [0.4, 0.5) is 5.69 Å². The first kappa shape index (κ1) is 45.6. The van der Waals surface area contributed by atoms with Crippen molar-refractivity contribution in [2.45, 2.75) is 125 Å². The molecule has 0 saturated carbocycles. The van der Waals surface area contributed by atoms with Gasteiger partial charge in [0.2, 0.25) is 17.7 Å². The van der Waals surface area contributed by atoms with E-state index >= 15 is 0 Å². The van der Waals surface area contributed by atoms with E-state index < -0.39 is 11.0 Å². The fourth-order valence-corrected chi connectivity index (χ4v) is 7.17. The van der Waals surface area contributed by atoms with E-state index in [1.807, 2.05) is 81.9 Å². The van der Waals surface area contributed by atoms with Gasteiger partial charge in [0.15, 0.2) is 0 Å². The van der Waals surface area contributed by atoms with Crippen molar-refractivity contribution in [2.24, 2.45) is 17.3 Å². The van der Waals surface area contributed by atoms with Crippen LogP contribution in [0, 0.1) is 17.3 Å². The van der Waals surface area contributed by atoms with Crippen LogP contribution in [0.5, 0.6) is 0 Å². The van der Waals surface area contributed by atoms with Gasteiger partial charge in [-0.2, -0.15) is 0 Å². The van der Waals surface area contributed by atoms with E-state index in [0.717, 1.165) is 59.6 Å². The molecule has 4 rings (SSSR count).